The summed E-state index contributed by atoms with van der Waals surface area (Å²) in [5.41, 5.74) is 1.98. The van der Waals surface area contributed by atoms with E-state index >= 15 is 0 Å². The van der Waals surface area contributed by atoms with Gasteiger partial charge in [-0.15, -0.1) is 10.2 Å². The standard InChI is InChI=1S/C17H17N3O3/c1-12-5-2-3-7-14(12)17-20-19-16(23-17)9-8-15(21)18-11-13-6-4-10-22-13/h2-7,10H,8-9,11H2,1H3,(H,18,21). The minimum atomic E-state index is -0.0861. The highest BCUT2D eigenvalue weighted by atomic mass is 16.4. The third-order valence-corrected chi connectivity index (χ3v) is 3.45. The fourth-order valence-corrected chi connectivity index (χ4v) is 2.18. The van der Waals surface area contributed by atoms with Crippen molar-refractivity contribution in [3.8, 4) is 11.5 Å². The highest BCUT2D eigenvalue weighted by Crippen LogP contribution is 2.21. The van der Waals surface area contributed by atoms with Crippen molar-refractivity contribution >= 4 is 5.91 Å². The monoisotopic (exact) mass is 311 g/mol. The van der Waals surface area contributed by atoms with Crippen LogP contribution in [-0.2, 0) is 17.8 Å². The molecule has 0 spiro atoms. The molecule has 1 N–H and O–H groups in total. The van der Waals surface area contributed by atoms with Crippen LogP contribution in [0.4, 0.5) is 0 Å². The second kappa shape index (κ2) is 6.91. The first-order chi connectivity index (χ1) is 11.2. The molecule has 0 aliphatic rings. The molecular formula is C17H17N3O3. The van der Waals surface area contributed by atoms with Crippen LogP contribution in [0.15, 0.2) is 51.5 Å². The summed E-state index contributed by atoms with van der Waals surface area (Å²) in [7, 11) is 0. The van der Waals surface area contributed by atoms with Crippen LogP contribution in [-0.4, -0.2) is 16.1 Å². The average molecular weight is 311 g/mol. The molecule has 0 atom stereocenters. The number of nitrogens with one attached hydrogen (secondary N) is 1. The Bertz CT molecular complexity index is 778. The number of aryl methyl sites for hydroxylation is 2. The van der Waals surface area contributed by atoms with E-state index in [9.17, 15) is 4.79 Å². The predicted octanol–water partition coefficient (Wildman–Crippen LogP) is 2.89. The zero-order valence-corrected chi connectivity index (χ0v) is 12.8. The molecule has 6 nitrogen and oxygen atoms in total. The van der Waals surface area contributed by atoms with Crippen molar-refractivity contribution in [3.63, 3.8) is 0 Å². The van der Waals surface area contributed by atoms with Gasteiger partial charge in [0.1, 0.15) is 5.76 Å². The van der Waals surface area contributed by atoms with Crippen LogP contribution in [0.3, 0.4) is 0 Å². The van der Waals surface area contributed by atoms with Gasteiger partial charge in [0.2, 0.25) is 17.7 Å². The molecule has 0 bridgehead atoms. The number of carbonyl (C=O) groups is 1. The van der Waals surface area contributed by atoms with Crippen LogP contribution in [0.1, 0.15) is 23.6 Å². The number of amides is 1. The largest absolute Gasteiger partial charge is 0.467 e. The van der Waals surface area contributed by atoms with Gasteiger partial charge in [-0.1, -0.05) is 18.2 Å². The van der Waals surface area contributed by atoms with Crippen LogP contribution >= 0.6 is 0 Å². The van der Waals surface area contributed by atoms with Gasteiger partial charge in [-0.3, -0.25) is 4.79 Å². The zero-order chi connectivity index (χ0) is 16.1. The number of nitrogens with zero attached hydrogens (tertiary/aromatic N) is 2. The minimum absolute atomic E-state index is 0.0861. The Labute approximate surface area is 133 Å². The van der Waals surface area contributed by atoms with Crippen molar-refractivity contribution in [2.24, 2.45) is 0 Å². The van der Waals surface area contributed by atoms with Crippen molar-refractivity contribution < 1.29 is 13.6 Å². The lowest BCUT2D eigenvalue weighted by Gasteiger charge is -2.01. The Morgan fingerprint density at radius 3 is 2.83 bits per heavy atom. The number of hydrogen-bond donors (Lipinski definition) is 1. The third kappa shape index (κ3) is 3.85. The smallest absolute Gasteiger partial charge is 0.247 e. The van der Waals surface area contributed by atoms with Gasteiger partial charge in [-0.05, 0) is 30.7 Å². The van der Waals surface area contributed by atoms with Gasteiger partial charge in [0.15, 0.2) is 0 Å². The third-order valence-electron chi connectivity index (χ3n) is 3.45. The summed E-state index contributed by atoms with van der Waals surface area (Å²) in [6.45, 7) is 2.37. The van der Waals surface area contributed by atoms with Crippen molar-refractivity contribution in [1.82, 2.24) is 15.5 Å². The summed E-state index contributed by atoms with van der Waals surface area (Å²) in [5.74, 6) is 1.57. The first-order valence-corrected chi connectivity index (χ1v) is 7.40. The van der Waals surface area contributed by atoms with Crippen molar-refractivity contribution in [2.75, 3.05) is 0 Å². The first-order valence-electron chi connectivity index (χ1n) is 7.40. The molecule has 1 amide bonds. The lowest BCUT2D eigenvalue weighted by Crippen LogP contribution is -2.22. The Morgan fingerprint density at radius 2 is 2.04 bits per heavy atom. The molecule has 0 saturated carbocycles. The molecule has 0 saturated heterocycles. The number of carbonyl (C=O) groups excluding carboxylic acids is 1. The summed E-state index contributed by atoms with van der Waals surface area (Å²) in [4.78, 5) is 11.8. The van der Waals surface area contributed by atoms with Crippen LogP contribution in [0, 0.1) is 6.92 Å². The average Bonchev–Trinajstić information content (AvgIpc) is 3.23. The van der Waals surface area contributed by atoms with Gasteiger partial charge in [-0.2, -0.15) is 0 Å². The highest BCUT2D eigenvalue weighted by Gasteiger charge is 2.12. The van der Waals surface area contributed by atoms with Gasteiger partial charge in [0, 0.05) is 18.4 Å². The molecule has 0 unspecified atom stereocenters. The van der Waals surface area contributed by atoms with E-state index in [1.165, 1.54) is 0 Å². The number of aromatic nitrogens is 2. The maximum atomic E-state index is 11.8. The summed E-state index contributed by atoms with van der Waals surface area (Å²) in [6, 6.07) is 11.4. The molecule has 23 heavy (non-hydrogen) atoms. The van der Waals surface area contributed by atoms with Crippen molar-refractivity contribution in [1.29, 1.82) is 0 Å². The second-order valence-corrected chi connectivity index (χ2v) is 5.17. The molecule has 2 aromatic heterocycles. The topological polar surface area (TPSA) is 81.2 Å². The van der Waals surface area contributed by atoms with E-state index in [0.717, 1.165) is 16.9 Å². The molecule has 118 valence electrons. The SMILES string of the molecule is Cc1ccccc1-c1nnc(CCC(=O)NCc2ccco2)o1. The molecule has 2 heterocycles. The van der Waals surface area contributed by atoms with E-state index in [1.807, 2.05) is 37.3 Å². The molecular weight excluding hydrogens is 294 g/mol. The van der Waals surface area contributed by atoms with Gasteiger partial charge < -0.3 is 14.2 Å². The maximum Gasteiger partial charge on any atom is 0.247 e. The van der Waals surface area contributed by atoms with E-state index in [0.29, 0.717) is 24.7 Å². The van der Waals surface area contributed by atoms with E-state index in [2.05, 4.69) is 15.5 Å². The van der Waals surface area contributed by atoms with E-state index < -0.39 is 0 Å². The number of benzene rings is 1. The zero-order valence-electron chi connectivity index (χ0n) is 12.8. The molecule has 0 radical (unpaired) electrons. The number of rotatable bonds is 6. The highest BCUT2D eigenvalue weighted by molar-refractivity contribution is 5.75. The quantitative estimate of drug-likeness (QED) is 0.757. The summed E-state index contributed by atoms with van der Waals surface area (Å²) in [5, 5.41) is 10.8. The van der Waals surface area contributed by atoms with Gasteiger partial charge >= 0.3 is 0 Å². The van der Waals surface area contributed by atoms with Crippen LogP contribution in [0.2, 0.25) is 0 Å². The normalized spacial score (nSPS) is 10.7. The second-order valence-electron chi connectivity index (χ2n) is 5.17. The molecule has 3 aromatic rings. The van der Waals surface area contributed by atoms with E-state index in [4.69, 9.17) is 8.83 Å². The summed E-state index contributed by atoms with van der Waals surface area (Å²) < 4.78 is 10.8. The molecule has 0 aliphatic carbocycles. The number of hydrogen-bond acceptors (Lipinski definition) is 5. The predicted molar refractivity (Wildman–Crippen MR) is 83.3 cm³/mol. The molecule has 0 fully saturated rings. The van der Waals surface area contributed by atoms with Crippen molar-refractivity contribution in [2.45, 2.75) is 26.3 Å². The lowest BCUT2D eigenvalue weighted by molar-refractivity contribution is -0.121. The van der Waals surface area contributed by atoms with Gasteiger partial charge in [0.25, 0.3) is 0 Å². The Kier molecular flexibility index (Phi) is 4.52. The first kappa shape index (κ1) is 15.0. The molecule has 1 aromatic carbocycles. The Balaban J connectivity index is 1.53. The summed E-state index contributed by atoms with van der Waals surface area (Å²) >= 11 is 0. The van der Waals surface area contributed by atoms with E-state index in [1.54, 1.807) is 12.3 Å². The Morgan fingerprint density at radius 1 is 1.17 bits per heavy atom. The fourth-order valence-electron chi connectivity index (χ4n) is 2.18. The Hall–Kier alpha value is -2.89. The lowest BCUT2D eigenvalue weighted by atomic mass is 10.1. The molecule has 0 aliphatic heterocycles. The molecule has 3 rings (SSSR count). The van der Waals surface area contributed by atoms with E-state index in [-0.39, 0.29) is 12.3 Å². The molecule has 6 heteroatoms. The maximum absolute atomic E-state index is 11.8. The number of furan rings is 1. The van der Waals surface area contributed by atoms with Crippen LogP contribution < -0.4 is 5.32 Å². The van der Waals surface area contributed by atoms with Crippen LogP contribution in [0.5, 0.6) is 0 Å². The van der Waals surface area contributed by atoms with Crippen LogP contribution in [0.25, 0.3) is 11.5 Å². The van der Waals surface area contributed by atoms with Gasteiger partial charge in [-0.25, -0.2) is 0 Å². The van der Waals surface area contributed by atoms with Crippen molar-refractivity contribution in [3.05, 3.63) is 59.9 Å². The van der Waals surface area contributed by atoms with Gasteiger partial charge in [0.05, 0.1) is 12.8 Å². The fraction of sp³-hybridized carbons (Fsp3) is 0.235. The summed E-state index contributed by atoms with van der Waals surface area (Å²) in [6.07, 6.45) is 2.27. The minimum Gasteiger partial charge on any atom is -0.467 e.